The van der Waals surface area contributed by atoms with Crippen LogP contribution in [0.25, 0.3) is 0 Å². The molecule has 1 aromatic heterocycles. The van der Waals surface area contributed by atoms with Crippen LogP contribution in [0, 0.1) is 17.0 Å². The van der Waals surface area contributed by atoms with Gasteiger partial charge in [0.1, 0.15) is 5.56 Å². The lowest BCUT2D eigenvalue weighted by Crippen LogP contribution is -2.23. The number of amides is 1. The minimum absolute atomic E-state index is 0.0245. The molecule has 0 aliphatic heterocycles. The maximum atomic E-state index is 11.9. The first-order valence-electron chi connectivity index (χ1n) is 5.48. The van der Waals surface area contributed by atoms with Gasteiger partial charge in [0.2, 0.25) is 5.89 Å². The fraction of sp³-hybridized carbons (Fsp3) is 0.182. The number of nitro groups is 1. The Bertz CT molecular complexity index is 670. The van der Waals surface area contributed by atoms with Gasteiger partial charge in [-0.3, -0.25) is 14.9 Å². The van der Waals surface area contributed by atoms with E-state index in [1.54, 1.807) is 6.92 Å². The molecule has 1 aromatic carbocycles. The molecule has 0 unspecified atom stereocenters. The summed E-state index contributed by atoms with van der Waals surface area (Å²) in [7, 11) is 0. The Morgan fingerprint density at radius 2 is 2.30 bits per heavy atom. The van der Waals surface area contributed by atoms with Crippen molar-refractivity contribution >= 4 is 23.2 Å². The topological polar surface area (TPSA) is 111 Å². The van der Waals surface area contributed by atoms with E-state index in [0.717, 1.165) is 0 Å². The number of benzene rings is 1. The van der Waals surface area contributed by atoms with E-state index >= 15 is 0 Å². The maximum absolute atomic E-state index is 11.9. The number of nitro benzene ring substituents is 1. The largest absolute Gasteiger partial charge is 0.343 e. The molecule has 0 atom stereocenters. The first kappa shape index (κ1) is 13.9. The van der Waals surface area contributed by atoms with E-state index < -0.39 is 10.8 Å². The second-order valence-electron chi connectivity index (χ2n) is 3.84. The summed E-state index contributed by atoms with van der Waals surface area (Å²) in [5.41, 5.74) is -0.452. The summed E-state index contributed by atoms with van der Waals surface area (Å²) in [6.45, 7) is 1.61. The smallest absolute Gasteiger partial charge is 0.282 e. The summed E-state index contributed by atoms with van der Waals surface area (Å²) in [6, 6.07) is 3.75. The molecule has 2 aromatic rings. The standard InChI is InChI=1S/C11H9ClN4O4/c1-6-14-10(20-15-6)5-13-11(17)8-4-7(12)2-3-9(8)16(18)19/h2-4H,5H2,1H3,(H,13,17). The third kappa shape index (κ3) is 3.09. The summed E-state index contributed by atoms with van der Waals surface area (Å²) < 4.78 is 4.82. The van der Waals surface area contributed by atoms with Crippen molar-refractivity contribution < 1.29 is 14.2 Å². The number of aryl methyl sites for hydroxylation is 1. The zero-order chi connectivity index (χ0) is 14.7. The number of halogens is 1. The Kier molecular flexibility index (Phi) is 3.94. The zero-order valence-corrected chi connectivity index (χ0v) is 11.0. The lowest BCUT2D eigenvalue weighted by Gasteiger charge is -2.04. The van der Waals surface area contributed by atoms with Gasteiger partial charge in [0.05, 0.1) is 11.5 Å². The molecule has 0 bridgehead atoms. The van der Waals surface area contributed by atoms with Crippen LogP contribution >= 0.6 is 11.6 Å². The van der Waals surface area contributed by atoms with Crippen LogP contribution in [0.15, 0.2) is 22.7 Å². The van der Waals surface area contributed by atoms with E-state index in [-0.39, 0.29) is 28.7 Å². The van der Waals surface area contributed by atoms with Crippen LogP contribution in [0.5, 0.6) is 0 Å². The van der Waals surface area contributed by atoms with Crippen molar-refractivity contribution in [3.05, 3.63) is 50.6 Å². The van der Waals surface area contributed by atoms with Crippen molar-refractivity contribution in [1.82, 2.24) is 15.5 Å². The molecule has 0 saturated heterocycles. The molecule has 0 aliphatic rings. The van der Waals surface area contributed by atoms with Gasteiger partial charge in [0, 0.05) is 11.1 Å². The van der Waals surface area contributed by atoms with Crippen molar-refractivity contribution in [2.45, 2.75) is 13.5 Å². The molecule has 0 saturated carbocycles. The SMILES string of the molecule is Cc1noc(CNC(=O)c2cc(Cl)ccc2[N+](=O)[O-])n1. The Balaban J connectivity index is 2.16. The van der Waals surface area contributed by atoms with E-state index in [1.165, 1.54) is 18.2 Å². The van der Waals surface area contributed by atoms with Crippen molar-refractivity contribution in [1.29, 1.82) is 0 Å². The van der Waals surface area contributed by atoms with Gasteiger partial charge in [-0.1, -0.05) is 16.8 Å². The summed E-state index contributed by atoms with van der Waals surface area (Å²) >= 11 is 5.74. The van der Waals surface area contributed by atoms with Crippen LogP contribution < -0.4 is 5.32 Å². The second kappa shape index (κ2) is 5.66. The highest BCUT2D eigenvalue weighted by Crippen LogP contribution is 2.22. The Morgan fingerprint density at radius 3 is 2.90 bits per heavy atom. The summed E-state index contributed by atoms with van der Waals surface area (Å²) in [4.78, 5) is 26.0. The quantitative estimate of drug-likeness (QED) is 0.681. The minimum Gasteiger partial charge on any atom is -0.343 e. The third-order valence-corrected chi connectivity index (χ3v) is 2.60. The van der Waals surface area contributed by atoms with Crippen molar-refractivity contribution in [2.75, 3.05) is 0 Å². The molecule has 1 amide bonds. The van der Waals surface area contributed by atoms with E-state index in [0.29, 0.717) is 5.82 Å². The average molecular weight is 297 g/mol. The van der Waals surface area contributed by atoms with Gasteiger partial charge in [-0.05, 0) is 19.1 Å². The molecule has 2 rings (SSSR count). The molecule has 8 nitrogen and oxygen atoms in total. The molecule has 0 fully saturated rings. The van der Waals surface area contributed by atoms with Crippen LogP contribution in [-0.2, 0) is 6.54 Å². The highest BCUT2D eigenvalue weighted by Gasteiger charge is 2.20. The Hall–Kier alpha value is -2.48. The molecule has 1 N–H and O–H groups in total. The first-order valence-corrected chi connectivity index (χ1v) is 5.86. The highest BCUT2D eigenvalue weighted by molar-refractivity contribution is 6.31. The van der Waals surface area contributed by atoms with Crippen molar-refractivity contribution in [3.8, 4) is 0 Å². The van der Waals surface area contributed by atoms with Crippen molar-refractivity contribution in [2.24, 2.45) is 0 Å². The number of carbonyl (C=O) groups excluding carboxylic acids is 1. The molecule has 0 radical (unpaired) electrons. The van der Waals surface area contributed by atoms with E-state index in [9.17, 15) is 14.9 Å². The van der Waals surface area contributed by atoms with E-state index in [2.05, 4.69) is 15.5 Å². The molecular weight excluding hydrogens is 288 g/mol. The number of hydrogen-bond donors (Lipinski definition) is 1. The summed E-state index contributed by atoms with van der Waals surface area (Å²) in [5.74, 6) is -0.00132. The molecule has 104 valence electrons. The van der Waals surface area contributed by atoms with Gasteiger partial charge in [-0.25, -0.2) is 0 Å². The fourth-order valence-electron chi connectivity index (χ4n) is 1.51. The number of carbonyl (C=O) groups is 1. The molecular formula is C11H9ClN4O4. The van der Waals surface area contributed by atoms with Gasteiger partial charge in [-0.2, -0.15) is 4.98 Å². The normalized spacial score (nSPS) is 10.3. The van der Waals surface area contributed by atoms with Crippen molar-refractivity contribution in [3.63, 3.8) is 0 Å². The minimum atomic E-state index is -0.651. The molecule has 9 heteroatoms. The number of nitrogens with zero attached hydrogens (tertiary/aromatic N) is 3. The molecule has 0 aliphatic carbocycles. The molecule has 0 spiro atoms. The van der Waals surface area contributed by atoms with Crippen LogP contribution in [0.2, 0.25) is 5.02 Å². The predicted octanol–water partition coefficient (Wildman–Crippen LogP) is 1.87. The lowest BCUT2D eigenvalue weighted by molar-refractivity contribution is -0.385. The Labute approximate surface area is 117 Å². The maximum Gasteiger partial charge on any atom is 0.282 e. The van der Waals surface area contributed by atoms with Crippen LogP contribution in [0.3, 0.4) is 0 Å². The fourth-order valence-corrected chi connectivity index (χ4v) is 1.68. The van der Waals surface area contributed by atoms with Gasteiger partial charge < -0.3 is 9.84 Å². The lowest BCUT2D eigenvalue weighted by atomic mass is 10.1. The number of aromatic nitrogens is 2. The van der Waals surface area contributed by atoms with Gasteiger partial charge in [-0.15, -0.1) is 0 Å². The number of nitrogens with one attached hydrogen (secondary N) is 1. The van der Waals surface area contributed by atoms with Gasteiger partial charge in [0.25, 0.3) is 11.6 Å². The van der Waals surface area contributed by atoms with E-state index in [1.807, 2.05) is 0 Å². The Morgan fingerprint density at radius 1 is 1.55 bits per heavy atom. The third-order valence-electron chi connectivity index (χ3n) is 2.37. The predicted molar refractivity (Wildman–Crippen MR) is 68.3 cm³/mol. The molecule has 20 heavy (non-hydrogen) atoms. The van der Waals surface area contributed by atoms with Crippen LogP contribution in [0.1, 0.15) is 22.1 Å². The summed E-state index contributed by atoms with van der Waals surface area (Å²) in [6.07, 6.45) is 0. The second-order valence-corrected chi connectivity index (χ2v) is 4.27. The van der Waals surface area contributed by atoms with Gasteiger partial charge in [0.15, 0.2) is 5.82 Å². The highest BCUT2D eigenvalue weighted by atomic mass is 35.5. The average Bonchev–Trinajstić information content (AvgIpc) is 2.81. The van der Waals surface area contributed by atoms with Crippen LogP contribution in [0.4, 0.5) is 5.69 Å². The summed E-state index contributed by atoms with van der Waals surface area (Å²) in [5, 5.41) is 17.1. The zero-order valence-electron chi connectivity index (χ0n) is 10.3. The van der Waals surface area contributed by atoms with Crippen LogP contribution in [-0.4, -0.2) is 21.0 Å². The monoisotopic (exact) mass is 296 g/mol. The molecule has 1 heterocycles. The first-order chi connectivity index (χ1) is 9.47. The van der Waals surface area contributed by atoms with Gasteiger partial charge >= 0.3 is 0 Å². The number of hydrogen-bond acceptors (Lipinski definition) is 6. The van der Waals surface area contributed by atoms with E-state index in [4.69, 9.17) is 16.1 Å². The number of rotatable bonds is 4.